The molecule has 0 amide bonds. The fourth-order valence-corrected chi connectivity index (χ4v) is 3.19. The van der Waals surface area contributed by atoms with Crippen LogP contribution in [0.25, 0.3) is 0 Å². The molecule has 0 radical (unpaired) electrons. The molecule has 1 aromatic rings. The first kappa shape index (κ1) is 17.3. The van der Waals surface area contributed by atoms with Gasteiger partial charge in [-0.1, -0.05) is 0 Å². The van der Waals surface area contributed by atoms with E-state index in [1.807, 2.05) is 22.6 Å². The number of carboxylic acids is 1. The first-order chi connectivity index (χ1) is 9.19. The minimum absolute atomic E-state index is 0.0370. The monoisotopic (exact) mass is 512 g/mol. The summed E-state index contributed by atoms with van der Waals surface area (Å²) in [6.45, 7) is -1.37. The highest BCUT2D eigenvalue weighted by Gasteiger charge is 2.40. The summed E-state index contributed by atoms with van der Waals surface area (Å²) >= 11 is 3.74. The lowest BCUT2D eigenvalue weighted by Gasteiger charge is -2.16. The Morgan fingerprint density at radius 1 is 1.35 bits per heavy atom. The highest BCUT2D eigenvalue weighted by Crippen LogP contribution is 2.30. The minimum Gasteiger partial charge on any atom is -0.485 e. The molecule has 0 aromatic heterocycles. The first-order valence-electron chi connectivity index (χ1n) is 5.00. The van der Waals surface area contributed by atoms with Crippen molar-refractivity contribution in [2.45, 2.75) is 5.92 Å². The molecule has 0 spiro atoms. The second-order valence-corrected chi connectivity index (χ2v) is 5.96. The van der Waals surface area contributed by atoms with Crippen LogP contribution in [0.4, 0.5) is 8.78 Å². The van der Waals surface area contributed by atoms with E-state index in [2.05, 4.69) is 4.74 Å². The second kappa shape index (κ2) is 6.83. The number of halogens is 4. The Morgan fingerprint density at radius 3 is 2.45 bits per heavy atom. The number of hydrogen-bond donors (Lipinski definition) is 1. The van der Waals surface area contributed by atoms with Gasteiger partial charge in [0.05, 0.1) is 10.7 Å². The van der Waals surface area contributed by atoms with Crippen molar-refractivity contribution in [1.29, 1.82) is 0 Å². The maximum Gasteiger partial charge on any atom is 0.378 e. The molecule has 1 rings (SSSR count). The van der Waals surface area contributed by atoms with E-state index in [-0.39, 0.29) is 11.3 Å². The summed E-state index contributed by atoms with van der Waals surface area (Å²) in [5, 5.41) is 8.33. The number of benzene rings is 1. The molecular weight excluding hydrogens is 504 g/mol. The quantitative estimate of drug-likeness (QED) is 0.486. The van der Waals surface area contributed by atoms with Crippen LogP contribution >= 0.6 is 45.2 Å². The number of esters is 1. The van der Waals surface area contributed by atoms with Gasteiger partial charge in [-0.05, 0) is 57.3 Å². The van der Waals surface area contributed by atoms with E-state index in [1.54, 1.807) is 28.7 Å². The minimum atomic E-state index is -4.04. The van der Waals surface area contributed by atoms with Gasteiger partial charge in [-0.25, -0.2) is 9.59 Å². The molecule has 1 N–H and O–H groups in total. The summed E-state index contributed by atoms with van der Waals surface area (Å²) in [5.74, 6) is -7.22. The smallest absolute Gasteiger partial charge is 0.378 e. The molecule has 0 fully saturated rings. The van der Waals surface area contributed by atoms with E-state index in [1.165, 1.54) is 6.07 Å². The second-order valence-electron chi connectivity index (χ2n) is 3.55. The summed E-state index contributed by atoms with van der Waals surface area (Å²) in [6, 6.07) is 3.00. The van der Waals surface area contributed by atoms with Crippen LogP contribution in [0.2, 0.25) is 0 Å². The molecule has 5 nitrogen and oxygen atoms in total. The van der Waals surface area contributed by atoms with E-state index in [4.69, 9.17) is 9.84 Å². The van der Waals surface area contributed by atoms with Crippen molar-refractivity contribution >= 4 is 57.1 Å². The van der Waals surface area contributed by atoms with Crippen molar-refractivity contribution in [3.63, 3.8) is 0 Å². The lowest BCUT2D eigenvalue weighted by atomic mass is 10.2. The zero-order chi connectivity index (χ0) is 15.5. The summed E-state index contributed by atoms with van der Waals surface area (Å²) in [6.07, 6.45) is 0. The van der Waals surface area contributed by atoms with Crippen LogP contribution in [-0.2, 0) is 9.53 Å². The van der Waals surface area contributed by atoms with Gasteiger partial charge in [-0.2, -0.15) is 8.78 Å². The molecule has 0 bridgehead atoms. The summed E-state index contributed by atoms with van der Waals surface area (Å²) in [7, 11) is 1.14. The molecule has 1 aromatic carbocycles. The largest absolute Gasteiger partial charge is 0.485 e. The molecule has 0 heterocycles. The van der Waals surface area contributed by atoms with Crippen molar-refractivity contribution in [2.75, 3.05) is 13.7 Å². The van der Waals surface area contributed by atoms with Gasteiger partial charge in [-0.15, -0.1) is 0 Å². The molecule has 9 heteroatoms. The lowest BCUT2D eigenvalue weighted by Crippen LogP contribution is -2.35. The van der Waals surface area contributed by atoms with Gasteiger partial charge in [0.1, 0.15) is 11.3 Å². The maximum atomic E-state index is 13.0. The third-order valence-electron chi connectivity index (χ3n) is 2.12. The van der Waals surface area contributed by atoms with Crippen LogP contribution < -0.4 is 4.74 Å². The highest BCUT2D eigenvalue weighted by molar-refractivity contribution is 14.1. The van der Waals surface area contributed by atoms with Crippen LogP contribution in [0.3, 0.4) is 0 Å². The Kier molecular flexibility index (Phi) is 5.91. The third-order valence-corrected chi connectivity index (χ3v) is 3.55. The van der Waals surface area contributed by atoms with Crippen LogP contribution in [0, 0.1) is 7.14 Å². The predicted octanol–water partition coefficient (Wildman–Crippen LogP) is 2.78. The molecule has 0 aliphatic heterocycles. The molecule has 0 atom stereocenters. The third kappa shape index (κ3) is 4.14. The van der Waals surface area contributed by atoms with Crippen molar-refractivity contribution in [1.82, 2.24) is 0 Å². The van der Waals surface area contributed by atoms with Gasteiger partial charge in [0, 0.05) is 3.57 Å². The molecule has 20 heavy (non-hydrogen) atoms. The van der Waals surface area contributed by atoms with Crippen molar-refractivity contribution in [3.8, 4) is 5.75 Å². The maximum absolute atomic E-state index is 13.0. The summed E-state index contributed by atoms with van der Waals surface area (Å²) in [5.41, 5.74) is -0.0370. The standard InChI is InChI=1S/C11H8F2I2O5/c1-19-9(16)6-2-5(14)3-7(15)8(6)20-4-11(12,13)10(17)18/h2-3H,4H2,1H3,(H,17,18). The molecule has 110 valence electrons. The number of carbonyl (C=O) groups excluding carboxylic acids is 1. The van der Waals surface area contributed by atoms with Gasteiger partial charge < -0.3 is 14.6 Å². The predicted molar refractivity (Wildman–Crippen MR) is 81.3 cm³/mol. The van der Waals surface area contributed by atoms with Crippen molar-refractivity contribution in [2.24, 2.45) is 0 Å². The zero-order valence-corrected chi connectivity index (χ0v) is 14.3. The van der Waals surface area contributed by atoms with Crippen molar-refractivity contribution in [3.05, 3.63) is 24.8 Å². The Balaban J connectivity index is 3.11. The van der Waals surface area contributed by atoms with E-state index in [0.29, 0.717) is 7.14 Å². The van der Waals surface area contributed by atoms with Gasteiger partial charge in [-0.3, -0.25) is 0 Å². The number of rotatable bonds is 5. The SMILES string of the molecule is COC(=O)c1cc(I)cc(I)c1OCC(F)(F)C(=O)O. The normalized spacial score (nSPS) is 11.1. The van der Waals surface area contributed by atoms with Crippen LogP contribution in [-0.4, -0.2) is 36.7 Å². The molecule has 0 saturated carbocycles. The summed E-state index contributed by atoms with van der Waals surface area (Å²) < 4.78 is 36.5. The number of aliphatic carboxylic acids is 1. The molecule has 0 aliphatic rings. The first-order valence-corrected chi connectivity index (χ1v) is 7.16. The zero-order valence-electron chi connectivity index (χ0n) is 9.95. The number of carbonyl (C=O) groups is 2. The van der Waals surface area contributed by atoms with Crippen LogP contribution in [0.1, 0.15) is 10.4 Å². The Labute approximate surface area is 139 Å². The fraction of sp³-hybridized carbons (Fsp3) is 0.273. The average Bonchev–Trinajstić information content (AvgIpc) is 2.35. The van der Waals surface area contributed by atoms with Crippen LogP contribution in [0.5, 0.6) is 5.75 Å². The molecule has 0 saturated heterocycles. The van der Waals surface area contributed by atoms with E-state index < -0.39 is 24.5 Å². The lowest BCUT2D eigenvalue weighted by molar-refractivity contribution is -0.168. The van der Waals surface area contributed by atoms with Crippen LogP contribution in [0.15, 0.2) is 12.1 Å². The van der Waals surface area contributed by atoms with Crippen molar-refractivity contribution < 1.29 is 33.0 Å². The molecule has 0 aliphatic carbocycles. The number of ether oxygens (including phenoxy) is 2. The number of carboxylic acid groups (broad SMARTS) is 1. The average molecular weight is 512 g/mol. The van der Waals surface area contributed by atoms with E-state index in [9.17, 15) is 18.4 Å². The van der Waals surface area contributed by atoms with Gasteiger partial charge in [0.15, 0.2) is 6.61 Å². The Hall–Kier alpha value is -0.720. The molecule has 0 unspecified atom stereocenters. The van der Waals surface area contributed by atoms with Gasteiger partial charge >= 0.3 is 17.9 Å². The Morgan fingerprint density at radius 2 is 1.95 bits per heavy atom. The number of hydrogen-bond acceptors (Lipinski definition) is 4. The highest BCUT2D eigenvalue weighted by atomic mass is 127. The number of alkyl halides is 2. The van der Waals surface area contributed by atoms with E-state index in [0.717, 1.165) is 7.11 Å². The van der Waals surface area contributed by atoms with Gasteiger partial charge in [0.2, 0.25) is 0 Å². The van der Waals surface area contributed by atoms with E-state index >= 15 is 0 Å². The molecular formula is C11H8F2I2O5. The van der Waals surface area contributed by atoms with Gasteiger partial charge in [0.25, 0.3) is 0 Å². The Bertz CT molecular complexity index is 548. The summed E-state index contributed by atoms with van der Waals surface area (Å²) in [4.78, 5) is 21.9. The fourth-order valence-electron chi connectivity index (χ4n) is 1.19. The topological polar surface area (TPSA) is 72.8 Å². The number of methoxy groups -OCH3 is 1.